The summed E-state index contributed by atoms with van der Waals surface area (Å²) in [5.74, 6) is 1.34. The first-order valence-electron chi connectivity index (χ1n) is 9.46. The van der Waals surface area contributed by atoms with E-state index in [2.05, 4.69) is 65.3 Å². The highest BCUT2D eigenvalue weighted by Crippen LogP contribution is 2.19. The zero-order valence-electron chi connectivity index (χ0n) is 16.1. The summed E-state index contributed by atoms with van der Waals surface area (Å²) < 4.78 is 10.9. The van der Waals surface area contributed by atoms with Crippen LogP contribution in [0.15, 0.2) is 28.8 Å². The molecule has 6 heteroatoms. The maximum absolute atomic E-state index is 5.46. The van der Waals surface area contributed by atoms with E-state index in [1.807, 2.05) is 0 Å². The van der Waals surface area contributed by atoms with Gasteiger partial charge >= 0.3 is 0 Å². The quantitative estimate of drug-likeness (QED) is 0.723. The molecule has 142 valence electrons. The first-order valence-corrected chi connectivity index (χ1v) is 9.46. The van der Waals surface area contributed by atoms with Crippen molar-refractivity contribution in [3.05, 3.63) is 35.7 Å². The van der Waals surface area contributed by atoms with Gasteiger partial charge in [-0.15, -0.1) is 0 Å². The number of nitrogens with zero attached hydrogens (tertiary/aromatic N) is 4. The van der Waals surface area contributed by atoms with E-state index < -0.39 is 0 Å². The lowest BCUT2D eigenvalue weighted by molar-refractivity contribution is 0.0376. The Balaban J connectivity index is 1.55. The van der Waals surface area contributed by atoms with E-state index in [4.69, 9.17) is 9.26 Å². The fourth-order valence-corrected chi connectivity index (χ4v) is 3.32. The maximum Gasteiger partial charge on any atom is 0.241 e. The molecule has 0 N–H and O–H groups in total. The van der Waals surface area contributed by atoms with E-state index in [1.54, 1.807) is 0 Å². The topological polar surface area (TPSA) is 54.6 Å². The third kappa shape index (κ3) is 5.37. The Morgan fingerprint density at radius 1 is 1.08 bits per heavy atom. The van der Waals surface area contributed by atoms with Gasteiger partial charge in [-0.1, -0.05) is 29.4 Å². The summed E-state index contributed by atoms with van der Waals surface area (Å²) >= 11 is 0. The summed E-state index contributed by atoms with van der Waals surface area (Å²) in [6.45, 7) is 3.47. The summed E-state index contributed by atoms with van der Waals surface area (Å²) in [6, 6.07) is 9.02. The molecule has 0 unspecified atom stereocenters. The van der Waals surface area contributed by atoms with Crippen LogP contribution in [-0.4, -0.2) is 66.9 Å². The van der Waals surface area contributed by atoms with Gasteiger partial charge in [0.25, 0.3) is 0 Å². The molecule has 0 spiro atoms. The molecule has 2 heterocycles. The largest absolute Gasteiger partial charge is 0.381 e. The molecule has 1 aliphatic rings. The van der Waals surface area contributed by atoms with Crippen molar-refractivity contribution in [3.63, 3.8) is 0 Å². The molecule has 26 heavy (non-hydrogen) atoms. The number of hydrogen-bond donors (Lipinski definition) is 0. The Kier molecular flexibility index (Phi) is 6.77. The second kappa shape index (κ2) is 9.26. The van der Waals surface area contributed by atoms with Crippen LogP contribution in [0.1, 0.15) is 30.7 Å². The Labute approximate surface area is 156 Å². The lowest BCUT2D eigenvalue weighted by Crippen LogP contribution is -2.36. The molecule has 1 aromatic carbocycles. The fraction of sp³-hybridized carbons (Fsp3) is 0.600. The number of benzene rings is 1. The maximum atomic E-state index is 5.46. The van der Waals surface area contributed by atoms with Crippen LogP contribution in [0.5, 0.6) is 0 Å². The summed E-state index contributed by atoms with van der Waals surface area (Å²) in [7, 11) is 6.33. The van der Waals surface area contributed by atoms with Gasteiger partial charge in [0.15, 0.2) is 0 Å². The molecule has 0 saturated carbocycles. The van der Waals surface area contributed by atoms with Crippen molar-refractivity contribution >= 4 is 0 Å². The summed E-state index contributed by atoms with van der Waals surface area (Å²) in [6.07, 6.45) is 4.38. The van der Waals surface area contributed by atoms with Crippen LogP contribution in [0.4, 0.5) is 0 Å². The molecule has 0 bridgehead atoms. The van der Waals surface area contributed by atoms with Gasteiger partial charge in [-0.05, 0) is 58.9 Å². The van der Waals surface area contributed by atoms with E-state index in [0.29, 0.717) is 24.3 Å². The molecular weight excluding hydrogens is 328 g/mol. The highest BCUT2D eigenvalue weighted by atomic mass is 16.5. The smallest absolute Gasteiger partial charge is 0.241 e. The van der Waals surface area contributed by atoms with Gasteiger partial charge < -0.3 is 14.2 Å². The van der Waals surface area contributed by atoms with Gasteiger partial charge in [0.1, 0.15) is 0 Å². The Morgan fingerprint density at radius 2 is 1.81 bits per heavy atom. The second-order valence-electron chi connectivity index (χ2n) is 7.37. The summed E-state index contributed by atoms with van der Waals surface area (Å²) in [5, 5.41) is 4.16. The van der Waals surface area contributed by atoms with Crippen molar-refractivity contribution in [1.82, 2.24) is 19.9 Å². The third-order valence-corrected chi connectivity index (χ3v) is 4.95. The van der Waals surface area contributed by atoms with E-state index >= 15 is 0 Å². The minimum atomic E-state index is 0.528. The number of ether oxygens (including phenoxy) is 1. The van der Waals surface area contributed by atoms with Crippen LogP contribution in [0.3, 0.4) is 0 Å². The number of aryl methyl sites for hydroxylation is 1. The Bertz CT molecular complexity index is 663. The van der Waals surface area contributed by atoms with Crippen LogP contribution in [-0.2, 0) is 17.7 Å². The van der Waals surface area contributed by atoms with E-state index in [-0.39, 0.29) is 0 Å². The molecule has 1 aromatic heterocycles. The molecule has 6 nitrogen and oxygen atoms in total. The zero-order valence-corrected chi connectivity index (χ0v) is 16.1. The van der Waals surface area contributed by atoms with E-state index in [1.165, 1.54) is 5.56 Å². The lowest BCUT2D eigenvalue weighted by atomic mass is 10.1. The standard InChI is InChI=1S/C20H30N4O2/c1-23(2)12-4-5-16-6-8-17(9-7-16)20-21-19(26-22-20)15-24(3)18-10-13-25-14-11-18/h6-9,18H,4-5,10-15H2,1-3H3. The van der Waals surface area contributed by atoms with Crippen LogP contribution < -0.4 is 0 Å². The van der Waals surface area contributed by atoms with Gasteiger partial charge in [-0.3, -0.25) is 4.90 Å². The molecular formula is C20H30N4O2. The molecule has 0 atom stereocenters. The molecule has 0 radical (unpaired) electrons. The lowest BCUT2D eigenvalue weighted by Gasteiger charge is -2.29. The van der Waals surface area contributed by atoms with Crippen LogP contribution >= 0.6 is 0 Å². The SMILES string of the molecule is CN(C)CCCc1ccc(-c2noc(CN(C)C3CCOCC3)n2)cc1. The van der Waals surface area contributed by atoms with Gasteiger partial charge in [-0.2, -0.15) is 4.98 Å². The molecule has 1 aliphatic heterocycles. The monoisotopic (exact) mass is 358 g/mol. The zero-order chi connectivity index (χ0) is 18.4. The van der Waals surface area contributed by atoms with Crippen molar-refractivity contribution in [2.75, 3.05) is 40.9 Å². The predicted octanol–water partition coefficient (Wildman–Crippen LogP) is 2.84. The summed E-state index contributed by atoms with van der Waals surface area (Å²) in [5.41, 5.74) is 2.35. The predicted molar refractivity (Wildman–Crippen MR) is 102 cm³/mol. The van der Waals surface area contributed by atoms with Gasteiger partial charge in [0, 0.05) is 24.8 Å². The molecule has 1 fully saturated rings. The van der Waals surface area contributed by atoms with E-state index in [0.717, 1.165) is 51.0 Å². The van der Waals surface area contributed by atoms with Crippen molar-refractivity contribution in [1.29, 1.82) is 0 Å². The molecule has 1 saturated heterocycles. The fourth-order valence-electron chi connectivity index (χ4n) is 3.32. The van der Waals surface area contributed by atoms with Crippen LogP contribution in [0.25, 0.3) is 11.4 Å². The van der Waals surface area contributed by atoms with E-state index in [9.17, 15) is 0 Å². The Morgan fingerprint density at radius 3 is 2.50 bits per heavy atom. The van der Waals surface area contributed by atoms with Gasteiger partial charge in [0.05, 0.1) is 6.54 Å². The average molecular weight is 358 g/mol. The van der Waals surface area contributed by atoms with Gasteiger partial charge in [-0.25, -0.2) is 0 Å². The Hall–Kier alpha value is -1.76. The van der Waals surface area contributed by atoms with Crippen molar-refractivity contribution in [2.24, 2.45) is 0 Å². The minimum absolute atomic E-state index is 0.528. The van der Waals surface area contributed by atoms with Gasteiger partial charge in [0.2, 0.25) is 11.7 Å². The minimum Gasteiger partial charge on any atom is -0.381 e. The van der Waals surface area contributed by atoms with Crippen molar-refractivity contribution < 1.29 is 9.26 Å². The molecule has 2 aromatic rings. The van der Waals surface area contributed by atoms with Crippen LogP contribution in [0, 0.1) is 0 Å². The van der Waals surface area contributed by atoms with Crippen molar-refractivity contribution in [3.8, 4) is 11.4 Å². The first-order chi connectivity index (χ1) is 12.6. The number of hydrogen-bond acceptors (Lipinski definition) is 6. The highest BCUT2D eigenvalue weighted by molar-refractivity contribution is 5.54. The normalized spacial score (nSPS) is 15.9. The summed E-state index contributed by atoms with van der Waals surface area (Å²) in [4.78, 5) is 9.07. The molecule has 3 rings (SSSR count). The average Bonchev–Trinajstić information content (AvgIpc) is 3.11. The third-order valence-electron chi connectivity index (χ3n) is 4.95. The van der Waals surface area contributed by atoms with Crippen molar-refractivity contribution in [2.45, 2.75) is 38.3 Å². The number of aromatic nitrogens is 2. The van der Waals surface area contributed by atoms with Crippen LogP contribution in [0.2, 0.25) is 0 Å². The number of rotatable bonds is 8. The molecule has 0 amide bonds. The highest BCUT2D eigenvalue weighted by Gasteiger charge is 2.20. The first kappa shape index (κ1) is 19.0. The molecule has 0 aliphatic carbocycles. The second-order valence-corrected chi connectivity index (χ2v) is 7.37.